The Hall–Kier alpha value is -3.55. The topological polar surface area (TPSA) is 104 Å². The maximum Gasteiger partial charge on any atom is 0.257 e. The van der Waals surface area contributed by atoms with E-state index in [4.69, 9.17) is 28.3 Å². The molecule has 1 unspecified atom stereocenters. The fraction of sp³-hybridized carbons (Fsp3) is 0.333. The van der Waals surface area contributed by atoms with Gasteiger partial charge in [0.15, 0.2) is 11.2 Å². The highest BCUT2D eigenvalue weighted by molar-refractivity contribution is 7.13. The van der Waals surface area contributed by atoms with E-state index < -0.39 is 18.1 Å². The third-order valence-electron chi connectivity index (χ3n) is 8.24. The number of hydrogen-bond donors (Lipinski definition) is 2. The van der Waals surface area contributed by atoms with E-state index in [2.05, 4.69) is 25.1 Å². The number of aliphatic hydroxyl groups excluding tert-OH is 1. The molecule has 2 aliphatic rings. The number of amides is 1. The van der Waals surface area contributed by atoms with E-state index >= 15 is 0 Å². The van der Waals surface area contributed by atoms with Gasteiger partial charge in [-0.3, -0.25) is 19.7 Å². The number of nitrogens with zero attached hydrogens (tertiary/aromatic N) is 7. The standard InChI is InChI=1S/C30H29Cl2FN8O2S/c1-38(7-8-39-13-20(42)14-39)19-4-2-17(3-5-19)21-11-23(31)22-15-41(37-26(22)25(21)32)28(29(43)36-30-34-6-9-44-30)27-24-10-18(33)12-40(24)16-35-27/h2-6,9,11,15-16,18,20,28,42H,7-8,10,12-14H2,1H3,(H,34,36,43)/t18-,28?/m1/s1. The number of aromatic nitrogens is 5. The lowest BCUT2D eigenvalue weighted by atomic mass is 10.0. The van der Waals surface area contributed by atoms with Crippen LogP contribution in [-0.4, -0.2) is 85.7 Å². The van der Waals surface area contributed by atoms with E-state index in [0.29, 0.717) is 43.0 Å². The van der Waals surface area contributed by atoms with Crippen LogP contribution in [0.1, 0.15) is 17.4 Å². The zero-order valence-electron chi connectivity index (χ0n) is 23.7. The Morgan fingerprint density at radius 3 is 2.75 bits per heavy atom. The van der Waals surface area contributed by atoms with Crippen LogP contribution in [0.4, 0.5) is 15.2 Å². The molecule has 14 heteroatoms. The number of rotatable bonds is 9. The summed E-state index contributed by atoms with van der Waals surface area (Å²) < 4.78 is 17.6. The first-order valence-electron chi connectivity index (χ1n) is 14.2. The van der Waals surface area contributed by atoms with Crippen molar-refractivity contribution in [2.45, 2.75) is 31.3 Å². The van der Waals surface area contributed by atoms with Crippen molar-refractivity contribution in [1.82, 2.24) is 29.2 Å². The molecule has 1 fully saturated rings. The number of thiazole rings is 1. The van der Waals surface area contributed by atoms with Crippen molar-refractivity contribution >= 4 is 62.2 Å². The first-order chi connectivity index (χ1) is 21.2. The van der Waals surface area contributed by atoms with E-state index in [1.807, 2.05) is 31.3 Å². The molecule has 0 radical (unpaired) electrons. The number of carbonyl (C=O) groups is 1. The summed E-state index contributed by atoms with van der Waals surface area (Å²) in [7, 11) is 2.04. The molecule has 2 N–H and O–H groups in total. The number of fused-ring (bicyclic) bond motifs is 2. The van der Waals surface area contributed by atoms with Gasteiger partial charge in [0.1, 0.15) is 11.7 Å². The number of aliphatic hydroxyl groups is 1. The number of carbonyl (C=O) groups excluding carboxylic acids is 1. The molecule has 5 heterocycles. The summed E-state index contributed by atoms with van der Waals surface area (Å²) in [5.74, 6) is -0.408. The highest BCUT2D eigenvalue weighted by Gasteiger charge is 2.34. The second kappa shape index (κ2) is 11.8. The Balaban J connectivity index is 1.20. The average Bonchev–Trinajstić information content (AvgIpc) is 3.79. The monoisotopic (exact) mass is 654 g/mol. The van der Waals surface area contributed by atoms with Crippen LogP contribution in [0.25, 0.3) is 22.0 Å². The molecule has 0 saturated carbocycles. The van der Waals surface area contributed by atoms with E-state index in [9.17, 15) is 14.3 Å². The predicted octanol–water partition coefficient (Wildman–Crippen LogP) is 4.90. The minimum absolute atomic E-state index is 0.162. The number of alkyl halides is 1. The summed E-state index contributed by atoms with van der Waals surface area (Å²) >= 11 is 15.1. The van der Waals surface area contributed by atoms with Crippen molar-refractivity contribution in [2.24, 2.45) is 0 Å². The number of benzene rings is 2. The molecule has 0 spiro atoms. The highest BCUT2D eigenvalue weighted by Crippen LogP contribution is 2.40. The van der Waals surface area contributed by atoms with Crippen LogP contribution in [0.15, 0.2) is 54.4 Å². The van der Waals surface area contributed by atoms with E-state index in [1.54, 1.807) is 34.7 Å². The van der Waals surface area contributed by atoms with Gasteiger partial charge >= 0.3 is 0 Å². The van der Waals surface area contributed by atoms with Gasteiger partial charge in [-0.1, -0.05) is 35.3 Å². The van der Waals surface area contributed by atoms with Crippen LogP contribution < -0.4 is 10.2 Å². The van der Waals surface area contributed by atoms with Crippen molar-refractivity contribution < 1.29 is 14.3 Å². The molecule has 228 valence electrons. The number of imidazole rings is 1. The number of likely N-dealkylation sites (N-methyl/N-ethyl adjacent to an activating group) is 1. The Morgan fingerprint density at radius 1 is 1.23 bits per heavy atom. The summed E-state index contributed by atoms with van der Waals surface area (Å²) in [6.45, 7) is 3.37. The normalized spacial score (nSPS) is 17.5. The van der Waals surface area contributed by atoms with E-state index in [0.717, 1.165) is 37.4 Å². The lowest BCUT2D eigenvalue weighted by Crippen LogP contribution is -2.52. The fourth-order valence-corrected chi connectivity index (χ4v) is 6.94. The van der Waals surface area contributed by atoms with Crippen molar-refractivity contribution in [3.63, 3.8) is 0 Å². The third kappa shape index (κ3) is 5.45. The summed E-state index contributed by atoms with van der Waals surface area (Å²) in [5.41, 5.74) is 4.16. The summed E-state index contributed by atoms with van der Waals surface area (Å²) in [4.78, 5) is 26.8. The van der Waals surface area contributed by atoms with Crippen LogP contribution in [0.5, 0.6) is 0 Å². The molecule has 10 nitrogen and oxygen atoms in total. The van der Waals surface area contributed by atoms with Gasteiger partial charge in [0.05, 0.1) is 34.7 Å². The minimum Gasteiger partial charge on any atom is -0.390 e. The maximum absolute atomic E-state index is 14.3. The van der Waals surface area contributed by atoms with Gasteiger partial charge in [0.25, 0.3) is 5.91 Å². The first kappa shape index (κ1) is 29.2. The Bertz CT molecular complexity index is 1820. The Kier molecular flexibility index (Phi) is 7.79. The van der Waals surface area contributed by atoms with Crippen LogP contribution >= 0.6 is 34.5 Å². The third-order valence-corrected chi connectivity index (χ3v) is 9.62. The van der Waals surface area contributed by atoms with Gasteiger partial charge < -0.3 is 14.6 Å². The van der Waals surface area contributed by atoms with Crippen molar-refractivity contribution in [3.8, 4) is 11.1 Å². The average molecular weight is 656 g/mol. The Morgan fingerprint density at radius 2 is 2.02 bits per heavy atom. The molecular weight excluding hydrogens is 626 g/mol. The summed E-state index contributed by atoms with van der Waals surface area (Å²) in [6, 6.07) is 8.85. The number of nitrogens with one attached hydrogen (secondary N) is 1. The van der Waals surface area contributed by atoms with Crippen LogP contribution in [0, 0.1) is 0 Å². The number of β-amino-alcohol motifs (C(OH)–C–C–N with tert-alkyl or cyclic N) is 1. The molecule has 1 saturated heterocycles. The zero-order chi connectivity index (χ0) is 30.5. The molecule has 44 heavy (non-hydrogen) atoms. The molecule has 3 aromatic heterocycles. The summed E-state index contributed by atoms with van der Waals surface area (Å²) in [5, 5.41) is 20.7. The van der Waals surface area contributed by atoms with Gasteiger partial charge in [0, 0.05) is 79.8 Å². The van der Waals surface area contributed by atoms with Gasteiger partial charge in [-0.05, 0) is 23.8 Å². The van der Waals surface area contributed by atoms with E-state index in [-0.39, 0.29) is 19.1 Å². The molecule has 2 atom stereocenters. The lowest BCUT2D eigenvalue weighted by molar-refractivity contribution is -0.118. The summed E-state index contributed by atoms with van der Waals surface area (Å²) in [6.07, 6.45) is 3.76. The fourth-order valence-electron chi connectivity index (χ4n) is 5.85. The predicted molar refractivity (Wildman–Crippen MR) is 171 cm³/mol. The second-order valence-corrected chi connectivity index (χ2v) is 12.9. The van der Waals surface area contributed by atoms with Gasteiger partial charge in [-0.25, -0.2) is 14.4 Å². The molecule has 0 aliphatic carbocycles. The minimum atomic E-state index is -1.04. The van der Waals surface area contributed by atoms with Gasteiger partial charge in [0.2, 0.25) is 0 Å². The molecular formula is C30H29Cl2FN8O2S. The molecule has 0 bridgehead atoms. The molecule has 1 amide bonds. The lowest BCUT2D eigenvalue weighted by Gasteiger charge is -2.37. The van der Waals surface area contributed by atoms with Crippen LogP contribution in [0.3, 0.4) is 0 Å². The maximum atomic E-state index is 14.3. The van der Waals surface area contributed by atoms with Crippen molar-refractivity contribution in [1.29, 1.82) is 0 Å². The molecule has 2 aromatic carbocycles. The number of anilines is 2. The largest absolute Gasteiger partial charge is 0.390 e. The highest BCUT2D eigenvalue weighted by atomic mass is 35.5. The first-order valence-corrected chi connectivity index (χ1v) is 15.9. The molecule has 5 aromatic rings. The number of likely N-dealkylation sites (tertiary alicyclic amines) is 1. The van der Waals surface area contributed by atoms with E-state index in [1.165, 1.54) is 16.0 Å². The molecule has 2 aliphatic heterocycles. The Labute approximate surface area is 266 Å². The smallest absolute Gasteiger partial charge is 0.257 e. The quantitative estimate of drug-likeness (QED) is 0.233. The van der Waals surface area contributed by atoms with Crippen LogP contribution in [0.2, 0.25) is 10.0 Å². The van der Waals surface area contributed by atoms with Gasteiger partial charge in [-0.15, -0.1) is 11.3 Å². The van der Waals surface area contributed by atoms with Crippen LogP contribution in [-0.2, 0) is 17.8 Å². The number of hydrogen-bond acceptors (Lipinski definition) is 8. The zero-order valence-corrected chi connectivity index (χ0v) is 26.0. The molecule has 7 rings (SSSR count). The SMILES string of the molecule is CN(CCN1CC(O)C1)c1ccc(-c2cc(Cl)c3cn(C(C(=O)Nc4nccs4)c4ncn5c4C[C@@H](F)C5)nc3c2Cl)cc1. The van der Waals surface area contributed by atoms with Gasteiger partial charge in [-0.2, -0.15) is 5.10 Å². The van der Waals surface area contributed by atoms with Crippen molar-refractivity contribution in [2.75, 3.05) is 43.4 Å². The number of halogens is 3. The second-order valence-electron chi connectivity index (χ2n) is 11.2. The van der Waals surface area contributed by atoms with Crippen molar-refractivity contribution in [3.05, 3.63) is 75.9 Å².